The minimum Gasteiger partial charge on any atom is -0.295 e. The summed E-state index contributed by atoms with van der Waals surface area (Å²) >= 11 is 1.98. The molecule has 0 spiro atoms. The molecule has 3 saturated carbocycles. The van der Waals surface area contributed by atoms with Crippen molar-refractivity contribution in [1.29, 1.82) is 0 Å². The van der Waals surface area contributed by atoms with E-state index >= 15 is 0 Å². The van der Waals surface area contributed by atoms with Crippen molar-refractivity contribution in [3.8, 4) is 0 Å². The van der Waals surface area contributed by atoms with Gasteiger partial charge in [-0.25, -0.2) is 0 Å². The molecule has 3 aliphatic carbocycles. The lowest BCUT2D eigenvalue weighted by atomic mass is 9.52. The van der Waals surface area contributed by atoms with Crippen LogP contribution in [0, 0.1) is 35.0 Å². The SMILES string of the molecule is C=C(C)C1CCC2C3C[C@@H](SC)/C(=C/C(=O)CCC)[C@@H](C)C3CC[C@]12C. The summed E-state index contributed by atoms with van der Waals surface area (Å²) in [5.74, 6) is 4.11. The molecule has 0 aliphatic heterocycles. The molecule has 4 unspecified atom stereocenters. The predicted molar refractivity (Wildman–Crippen MR) is 114 cm³/mol. The molecule has 0 N–H and O–H groups in total. The first-order chi connectivity index (χ1) is 12.3. The lowest BCUT2D eigenvalue weighted by Crippen LogP contribution is -2.47. The lowest BCUT2D eigenvalue weighted by Gasteiger charge is -2.54. The van der Waals surface area contributed by atoms with E-state index in [1.165, 1.54) is 43.3 Å². The Morgan fingerprint density at radius 1 is 1.31 bits per heavy atom. The van der Waals surface area contributed by atoms with Crippen LogP contribution in [-0.2, 0) is 4.79 Å². The molecule has 146 valence electrons. The third-order valence-corrected chi connectivity index (χ3v) is 9.26. The molecule has 0 aromatic carbocycles. The van der Waals surface area contributed by atoms with E-state index in [1.807, 2.05) is 17.8 Å². The summed E-state index contributed by atoms with van der Waals surface area (Å²) < 4.78 is 0. The van der Waals surface area contributed by atoms with Gasteiger partial charge in [0.1, 0.15) is 0 Å². The lowest BCUT2D eigenvalue weighted by molar-refractivity contribution is -0.114. The number of carbonyl (C=O) groups is 1. The average Bonchev–Trinajstić information content (AvgIpc) is 2.95. The Morgan fingerprint density at radius 3 is 2.65 bits per heavy atom. The molecule has 3 rings (SSSR count). The van der Waals surface area contributed by atoms with Crippen molar-refractivity contribution >= 4 is 17.5 Å². The fourth-order valence-electron chi connectivity index (χ4n) is 6.97. The number of hydrogen-bond donors (Lipinski definition) is 0. The molecule has 26 heavy (non-hydrogen) atoms. The summed E-state index contributed by atoms with van der Waals surface area (Å²) in [7, 11) is 0. The number of carbonyl (C=O) groups excluding carboxylic acids is 1. The maximum Gasteiger partial charge on any atom is 0.155 e. The van der Waals surface area contributed by atoms with Crippen molar-refractivity contribution in [3.63, 3.8) is 0 Å². The van der Waals surface area contributed by atoms with Gasteiger partial charge in [0.2, 0.25) is 0 Å². The Bertz CT molecular complexity index is 591. The van der Waals surface area contributed by atoms with Gasteiger partial charge in [-0.3, -0.25) is 4.79 Å². The van der Waals surface area contributed by atoms with E-state index in [-0.39, 0.29) is 0 Å². The number of fused-ring (bicyclic) bond motifs is 3. The quantitative estimate of drug-likeness (QED) is 0.394. The van der Waals surface area contributed by atoms with Crippen LogP contribution in [0.15, 0.2) is 23.8 Å². The van der Waals surface area contributed by atoms with Crippen molar-refractivity contribution in [3.05, 3.63) is 23.8 Å². The summed E-state index contributed by atoms with van der Waals surface area (Å²) in [5.41, 5.74) is 3.33. The molecular formula is C24H38OS. The zero-order chi connectivity index (χ0) is 19.1. The minimum absolute atomic E-state index is 0.343. The molecule has 0 saturated heterocycles. The number of rotatable bonds is 5. The minimum atomic E-state index is 0.343. The van der Waals surface area contributed by atoms with Gasteiger partial charge in [-0.2, -0.15) is 11.8 Å². The second kappa shape index (κ2) is 7.86. The van der Waals surface area contributed by atoms with E-state index in [2.05, 4.69) is 40.5 Å². The van der Waals surface area contributed by atoms with Gasteiger partial charge in [0.25, 0.3) is 0 Å². The molecule has 7 atom stereocenters. The highest BCUT2D eigenvalue weighted by Crippen LogP contribution is 2.64. The number of hydrogen-bond acceptors (Lipinski definition) is 2. The summed E-state index contributed by atoms with van der Waals surface area (Å²) in [5, 5.41) is 0.540. The maximum absolute atomic E-state index is 12.3. The Labute approximate surface area is 165 Å². The van der Waals surface area contributed by atoms with Gasteiger partial charge in [0, 0.05) is 11.7 Å². The summed E-state index contributed by atoms with van der Waals surface area (Å²) in [6, 6.07) is 0. The normalized spacial score (nSPS) is 43.8. The Morgan fingerprint density at radius 2 is 2.04 bits per heavy atom. The molecule has 0 aromatic rings. The fraction of sp³-hybridized carbons (Fsp3) is 0.792. The summed E-state index contributed by atoms with van der Waals surface area (Å²) in [4.78, 5) is 12.3. The highest BCUT2D eigenvalue weighted by atomic mass is 32.2. The molecule has 2 heteroatoms. The topological polar surface area (TPSA) is 17.1 Å². The number of allylic oxidation sites excluding steroid dienone is 2. The van der Waals surface area contributed by atoms with Crippen LogP contribution in [0.1, 0.15) is 72.6 Å². The summed E-state index contributed by atoms with van der Waals surface area (Å²) in [6.07, 6.45) is 12.6. The third-order valence-electron chi connectivity index (χ3n) is 8.22. The Kier molecular flexibility index (Phi) is 6.12. The monoisotopic (exact) mass is 374 g/mol. The fourth-order valence-corrected chi connectivity index (χ4v) is 7.94. The number of thioether (sulfide) groups is 1. The standard InChI is InChI=1S/C24H38OS/c1-7-8-17(25)13-19-16(4)18-11-12-24(5)21(15(2)3)9-10-22(24)20(18)14-23(19)26-6/h13,16,18,20-23H,2,7-12,14H2,1,3-6H3/b19-13+/t16-,18?,20?,21?,22?,23+,24+/m0/s1. The summed E-state index contributed by atoms with van der Waals surface area (Å²) in [6.45, 7) is 13.7. The van der Waals surface area contributed by atoms with Gasteiger partial charge in [-0.1, -0.05) is 38.5 Å². The highest BCUT2D eigenvalue weighted by Gasteiger charge is 2.56. The molecule has 1 nitrogen and oxygen atoms in total. The zero-order valence-corrected chi connectivity index (χ0v) is 18.3. The van der Waals surface area contributed by atoms with E-state index in [0.29, 0.717) is 28.8 Å². The second-order valence-corrected chi connectivity index (χ2v) is 10.6. The number of ketones is 1. The van der Waals surface area contributed by atoms with Crippen molar-refractivity contribution in [1.82, 2.24) is 0 Å². The highest BCUT2D eigenvalue weighted by molar-refractivity contribution is 7.99. The van der Waals surface area contributed by atoms with E-state index in [9.17, 15) is 4.79 Å². The first-order valence-corrected chi connectivity index (χ1v) is 12.0. The molecule has 0 heterocycles. The first-order valence-electron chi connectivity index (χ1n) is 10.8. The van der Waals surface area contributed by atoms with Crippen LogP contribution < -0.4 is 0 Å². The van der Waals surface area contributed by atoms with Crippen LogP contribution >= 0.6 is 11.8 Å². The van der Waals surface area contributed by atoms with Gasteiger partial charge in [-0.05, 0) is 92.8 Å². The smallest absolute Gasteiger partial charge is 0.155 e. The largest absolute Gasteiger partial charge is 0.295 e. The maximum atomic E-state index is 12.3. The van der Waals surface area contributed by atoms with Gasteiger partial charge in [0.05, 0.1) is 0 Å². The third kappa shape index (κ3) is 3.36. The van der Waals surface area contributed by atoms with Gasteiger partial charge >= 0.3 is 0 Å². The van der Waals surface area contributed by atoms with Crippen LogP contribution in [0.4, 0.5) is 0 Å². The first kappa shape index (κ1) is 20.2. The predicted octanol–water partition coefficient (Wildman–Crippen LogP) is 6.69. The molecule has 0 aromatic heterocycles. The van der Waals surface area contributed by atoms with Gasteiger partial charge in [-0.15, -0.1) is 0 Å². The van der Waals surface area contributed by atoms with Crippen molar-refractivity contribution in [2.45, 2.75) is 77.9 Å². The van der Waals surface area contributed by atoms with E-state index in [4.69, 9.17) is 0 Å². The van der Waals surface area contributed by atoms with E-state index in [0.717, 1.165) is 30.1 Å². The Hall–Kier alpha value is -0.500. The average molecular weight is 375 g/mol. The van der Waals surface area contributed by atoms with Crippen molar-refractivity contribution < 1.29 is 4.79 Å². The van der Waals surface area contributed by atoms with Crippen molar-refractivity contribution in [2.24, 2.45) is 35.0 Å². The van der Waals surface area contributed by atoms with E-state index in [1.54, 1.807) is 0 Å². The molecule has 0 bridgehead atoms. The molecule has 0 amide bonds. The van der Waals surface area contributed by atoms with Gasteiger partial charge < -0.3 is 0 Å². The zero-order valence-electron chi connectivity index (χ0n) is 17.5. The van der Waals surface area contributed by atoms with E-state index < -0.39 is 0 Å². The molecule has 3 aliphatic rings. The Balaban J connectivity index is 1.87. The van der Waals surface area contributed by atoms with Crippen LogP contribution in [0.5, 0.6) is 0 Å². The second-order valence-electron chi connectivity index (χ2n) is 9.56. The molecule has 3 fully saturated rings. The van der Waals surface area contributed by atoms with Crippen LogP contribution in [-0.4, -0.2) is 17.3 Å². The molecular weight excluding hydrogens is 336 g/mol. The van der Waals surface area contributed by atoms with Crippen LogP contribution in [0.25, 0.3) is 0 Å². The van der Waals surface area contributed by atoms with Gasteiger partial charge in [0.15, 0.2) is 5.78 Å². The van der Waals surface area contributed by atoms with Crippen molar-refractivity contribution in [2.75, 3.05) is 6.26 Å². The van der Waals surface area contributed by atoms with Crippen LogP contribution in [0.3, 0.4) is 0 Å². The van der Waals surface area contributed by atoms with Crippen LogP contribution in [0.2, 0.25) is 0 Å². The molecule has 0 radical (unpaired) electrons.